The number of carbonyl (C=O) groups excluding carboxylic acids is 1. The van der Waals surface area contributed by atoms with Gasteiger partial charge in [0.2, 0.25) is 0 Å². The van der Waals surface area contributed by atoms with Gasteiger partial charge < -0.3 is 14.9 Å². The molecule has 0 aliphatic carbocycles. The molecular weight excluding hydrogens is 340 g/mol. The van der Waals surface area contributed by atoms with Crippen LogP contribution >= 0.6 is 0 Å². The zero-order valence-electron chi connectivity index (χ0n) is 15.5. The Balaban J connectivity index is 1.63. The number of hydrogen-bond acceptors (Lipinski definition) is 3. The standard InChI is InChI=1S/C21H20N4O2/c1-12-13(2)22-18-9-8-14(10-16(12)18)21(27)25(3)11-19-23-17-7-5-4-6-15(17)20(26)24-19/h4-10,22H,11H2,1-3H3,(H,23,24,26). The number of nitrogens with zero attached hydrogens (tertiary/aromatic N) is 2. The molecule has 0 aliphatic rings. The monoisotopic (exact) mass is 360 g/mol. The highest BCUT2D eigenvalue weighted by atomic mass is 16.2. The van der Waals surface area contributed by atoms with E-state index >= 15 is 0 Å². The van der Waals surface area contributed by atoms with E-state index in [1.165, 1.54) is 0 Å². The molecule has 2 aromatic heterocycles. The topological polar surface area (TPSA) is 81.8 Å². The number of para-hydroxylation sites is 1. The second-order valence-electron chi connectivity index (χ2n) is 6.83. The summed E-state index contributed by atoms with van der Waals surface area (Å²) in [5, 5.41) is 1.59. The SMILES string of the molecule is Cc1[nH]c2ccc(C(=O)N(C)Cc3nc4ccccc4c(=O)[nH]3)cc2c1C. The van der Waals surface area contributed by atoms with E-state index in [-0.39, 0.29) is 18.0 Å². The molecular formula is C21H20N4O2. The Hall–Kier alpha value is -3.41. The largest absolute Gasteiger partial charge is 0.358 e. The highest BCUT2D eigenvalue weighted by molar-refractivity contribution is 5.98. The van der Waals surface area contributed by atoms with E-state index in [9.17, 15) is 9.59 Å². The van der Waals surface area contributed by atoms with Crippen molar-refractivity contribution < 1.29 is 4.79 Å². The number of rotatable bonds is 3. The highest BCUT2D eigenvalue weighted by Crippen LogP contribution is 2.23. The molecule has 0 spiro atoms. The Bertz CT molecular complexity index is 1240. The van der Waals surface area contributed by atoms with Gasteiger partial charge in [-0.1, -0.05) is 12.1 Å². The van der Waals surface area contributed by atoms with Crippen molar-refractivity contribution in [3.8, 4) is 0 Å². The maximum Gasteiger partial charge on any atom is 0.258 e. The van der Waals surface area contributed by atoms with E-state index in [1.807, 2.05) is 38.1 Å². The van der Waals surface area contributed by atoms with E-state index in [0.29, 0.717) is 22.3 Å². The zero-order chi connectivity index (χ0) is 19.1. The third-order valence-corrected chi connectivity index (χ3v) is 4.95. The van der Waals surface area contributed by atoms with Gasteiger partial charge in [-0.15, -0.1) is 0 Å². The lowest BCUT2D eigenvalue weighted by atomic mass is 10.1. The third-order valence-electron chi connectivity index (χ3n) is 4.95. The van der Waals surface area contributed by atoms with Gasteiger partial charge in [0, 0.05) is 29.2 Å². The van der Waals surface area contributed by atoms with Crippen LogP contribution < -0.4 is 5.56 Å². The second kappa shape index (κ2) is 6.39. The fourth-order valence-electron chi connectivity index (χ4n) is 3.32. The Morgan fingerprint density at radius 1 is 1.07 bits per heavy atom. The predicted octanol–water partition coefficient (Wildman–Crippen LogP) is 3.29. The lowest BCUT2D eigenvalue weighted by molar-refractivity contribution is 0.0781. The van der Waals surface area contributed by atoms with Crippen LogP contribution in [0, 0.1) is 13.8 Å². The average molecular weight is 360 g/mol. The molecule has 1 amide bonds. The molecule has 4 aromatic rings. The van der Waals surface area contributed by atoms with Crippen LogP contribution in [0.3, 0.4) is 0 Å². The van der Waals surface area contributed by atoms with Crippen molar-refractivity contribution in [3.05, 3.63) is 75.5 Å². The number of nitrogens with one attached hydrogen (secondary N) is 2. The maximum absolute atomic E-state index is 12.9. The molecule has 0 unspecified atom stereocenters. The first-order chi connectivity index (χ1) is 12.9. The molecule has 0 saturated carbocycles. The van der Waals surface area contributed by atoms with Crippen molar-refractivity contribution in [2.45, 2.75) is 20.4 Å². The van der Waals surface area contributed by atoms with Crippen LogP contribution in [0.5, 0.6) is 0 Å². The summed E-state index contributed by atoms with van der Waals surface area (Å²) >= 11 is 0. The first-order valence-electron chi connectivity index (χ1n) is 8.76. The van der Waals surface area contributed by atoms with Gasteiger partial charge >= 0.3 is 0 Å². The van der Waals surface area contributed by atoms with Crippen LogP contribution in [0.4, 0.5) is 0 Å². The van der Waals surface area contributed by atoms with E-state index in [2.05, 4.69) is 15.0 Å². The van der Waals surface area contributed by atoms with Crippen molar-refractivity contribution in [1.29, 1.82) is 0 Å². The molecule has 2 aromatic carbocycles. The lowest BCUT2D eigenvalue weighted by Crippen LogP contribution is -2.28. The van der Waals surface area contributed by atoms with Gasteiger partial charge in [-0.25, -0.2) is 4.98 Å². The zero-order valence-corrected chi connectivity index (χ0v) is 15.5. The van der Waals surface area contributed by atoms with Crippen LogP contribution in [0.15, 0.2) is 47.3 Å². The summed E-state index contributed by atoms with van der Waals surface area (Å²) < 4.78 is 0. The second-order valence-corrected chi connectivity index (χ2v) is 6.83. The van der Waals surface area contributed by atoms with E-state index < -0.39 is 0 Å². The minimum atomic E-state index is -0.198. The van der Waals surface area contributed by atoms with Gasteiger partial charge in [0.25, 0.3) is 11.5 Å². The van der Waals surface area contributed by atoms with Crippen molar-refractivity contribution in [2.75, 3.05) is 7.05 Å². The number of amides is 1. The number of aryl methyl sites for hydroxylation is 2. The van der Waals surface area contributed by atoms with Crippen LogP contribution in [0.25, 0.3) is 21.8 Å². The number of hydrogen-bond donors (Lipinski definition) is 2. The molecule has 0 saturated heterocycles. The molecule has 0 bridgehead atoms. The molecule has 27 heavy (non-hydrogen) atoms. The minimum absolute atomic E-state index is 0.119. The lowest BCUT2D eigenvalue weighted by Gasteiger charge is -2.17. The average Bonchev–Trinajstić information content (AvgIpc) is 2.95. The quantitative estimate of drug-likeness (QED) is 0.588. The molecule has 2 N–H and O–H groups in total. The molecule has 4 rings (SSSR count). The molecule has 0 atom stereocenters. The van der Waals surface area contributed by atoms with Crippen LogP contribution in [0.2, 0.25) is 0 Å². The van der Waals surface area contributed by atoms with Crippen molar-refractivity contribution in [2.24, 2.45) is 0 Å². The van der Waals surface area contributed by atoms with Crippen molar-refractivity contribution >= 4 is 27.7 Å². The normalized spacial score (nSPS) is 11.2. The molecule has 2 heterocycles. The number of fused-ring (bicyclic) bond motifs is 2. The Morgan fingerprint density at radius 3 is 2.67 bits per heavy atom. The molecule has 0 aliphatic heterocycles. The van der Waals surface area contributed by atoms with Crippen molar-refractivity contribution in [3.63, 3.8) is 0 Å². The third kappa shape index (κ3) is 2.99. The molecule has 6 heteroatoms. The molecule has 136 valence electrons. The summed E-state index contributed by atoms with van der Waals surface area (Å²) in [6.45, 7) is 4.28. The predicted molar refractivity (Wildman–Crippen MR) is 106 cm³/mol. The molecule has 0 radical (unpaired) electrons. The smallest absolute Gasteiger partial charge is 0.258 e. The fraction of sp³-hybridized carbons (Fsp3) is 0.190. The summed E-state index contributed by atoms with van der Waals surface area (Å²) in [5.74, 6) is 0.343. The number of carbonyl (C=O) groups is 1. The summed E-state index contributed by atoms with van der Waals surface area (Å²) in [6, 6.07) is 12.8. The van der Waals surface area contributed by atoms with Gasteiger partial charge in [-0.05, 0) is 49.7 Å². The van der Waals surface area contributed by atoms with Crippen LogP contribution in [-0.2, 0) is 6.54 Å². The summed E-state index contributed by atoms with van der Waals surface area (Å²) in [5.41, 5.74) is 4.29. The van der Waals surface area contributed by atoms with E-state index in [0.717, 1.165) is 22.2 Å². The van der Waals surface area contributed by atoms with Gasteiger partial charge in [0.15, 0.2) is 0 Å². The summed E-state index contributed by atoms with van der Waals surface area (Å²) in [7, 11) is 1.71. The van der Waals surface area contributed by atoms with Crippen LogP contribution in [-0.4, -0.2) is 32.8 Å². The van der Waals surface area contributed by atoms with Gasteiger partial charge in [-0.2, -0.15) is 0 Å². The molecule has 0 fully saturated rings. The first-order valence-corrected chi connectivity index (χ1v) is 8.76. The van der Waals surface area contributed by atoms with Crippen molar-refractivity contribution in [1.82, 2.24) is 19.9 Å². The van der Waals surface area contributed by atoms with Crippen LogP contribution in [0.1, 0.15) is 27.4 Å². The van der Waals surface area contributed by atoms with Gasteiger partial charge in [0.1, 0.15) is 5.82 Å². The minimum Gasteiger partial charge on any atom is -0.358 e. The van der Waals surface area contributed by atoms with E-state index in [4.69, 9.17) is 0 Å². The number of benzene rings is 2. The maximum atomic E-state index is 12.9. The Labute approximate surface area is 155 Å². The number of aromatic amines is 2. The Morgan fingerprint density at radius 2 is 1.85 bits per heavy atom. The highest BCUT2D eigenvalue weighted by Gasteiger charge is 2.15. The summed E-state index contributed by atoms with van der Waals surface area (Å²) in [4.78, 5) is 37.2. The first kappa shape index (κ1) is 17.0. The molecule has 6 nitrogen and oxygen atoms in total. The van der Waals surface area contributed by atoms with Gasteiger partial charge in [-0.3, -0.25) is 9.59 Å². The van der Waals surface area contributed by atoms with E-state index in [1.54, 1.807) is 30.1 Å². The summed E-state index contributed by atoms with van der Waals surface area (Å²) in [6.07, 6.45) is 0. The fourth-order valence-corrected chi connectivity index (χ4v) is 3.32. The number of H-pyrrole nitrogens is 2. The number of aromatic nitrogens is 3. The van der Waals surface area contributed by atoms with Gasteiger partial charge in [0.05, 0.1) is 17.4 Å². The Kier molecular flexibility index (Phi) is 4.03.